The lowest BCUT2D eigenvalue weighted by atomic mass is 9.99. The van der Waals surface area contributed by atoms with E-state index in [-0.39, 0.29) is 31.0 Å². The van der Waals surface area contributed by atoms with Crippen LogP contribution in [0.5, 0.6) is 0 Å². The van der Waals surface area contributed by atoms with Crippen LogP contribution in [0.15, 0.2) is 65.6 Å². The number of hydrogen-bond acceptors (Lipinski definition) is 5. The highest BCUT2D eigenvalue weighted by molar-refractivity contribution is 5.90. The number of rotatable bonds is 7. The summed E-state index contributed by atoms with van der Waals surface area (Å²) in [7, 11) is 0. The van der Waals surface area contributed by atoms with E-state index in [1.54, 1.807) is 48.5 Å². The molecule has 2 N–H and O–H groups in total. The molecular weight excluding hydrogens is 506 g/mol. The molecule has 0 bridgehead atoms. The number of carbonyl (C=O) groups is 2. The zero-order chi connectivity index (χ0) is 27.7. The lowest BCUT2D eigenvalue weighted by Gasteiger charge is -2.27. The van der Waals surface area contributed by atoms with Crippen molar-refractivity contribution in [2.24, 2.45) is 0 Å². The van der Waals surface area contributed by atoms with Crippen LogP contribution in [0, 0.1) is 5.95 Å². The average molecular weight is 535 g/mol. The largest absolute Gasteiger partial charge is 0.347 e. The van der Waals surface area contributed by atoms with Gasteiger partial charge in [-0.15, -0.1) is 0 Å². The van der Waals surface area contributed by atoms with Crippen molar-refractivity contribution in [2.45, 2.75) is 50.9 Å². The topological polar surface area (TPSA) is 112 Å². The van der Waals surface area contributed by atoms with E-state index in [1.807, 2.05) is 19.9 Å². The summed E-state index contributed by atoms with van der Waals surface area (Å²) in [5.74, 6) is -1.73. The quantitative estimate of drug-likeness (QED) is 0.354. The monoisotopic (exact) mass is 534 g/mol. The Bertz CT molecular complexity index is 1570. The van der Waals surface area contributed by atoms with Gasteiger partial charge in [-0.2, -0.15) is 9.49 Å². The molecule has 1 aliphatic heterocycles. The summed E-state index contributed by atoms with van der Waals surface area (Å²) < 4.78 is 30.7. The molecule has 11 heteroatoms. The lowest BCUT2D eigenvalue weighted by molar-refractivity contribution is -0.138. The van der Waals surface area contributed by atoms with Gasteiger partial charge in [-0.25, -0.2) is 19.3 Å². The molecule has 1 aliphatic rings. The van der Waals surface area contributed by atoms with E-state index in [4.69, 9.17) is 0 Å². The van der Waals surface area contributed by atoms with Crippen LogP contribution in [0.4, 0.5) is 8.78 Å². The van der Waals surface area contributed by atoms with Crippen molar-refractivity contribution in [1.82, 2.24) is 29.8 Å². The van der Waals surface area contributed by atoms with Gasteiger partial charge in [0, 0.05) is 23.7 Å². The smallest absolute Gasteiger partial charge is 0.342 e. The SMILES string of the molecule is CC(C)c1ccc([C@@H](NC(=O)[C@@H]2C[C@@H](F)CN2C(=O)Cc2cccn3c(=O)[nH]nc23)c2ccccc2)nc1F. The number of benzene rings is 1. The number of aromatic amines is 1. The number of halogens is 2. The highest BCUT2D eigenvalue weighted by Gasteiger charge is 2.40. The first kappa shape index (κ1) is 26.2. The fraction of sp³-hybridized carbons (Fsp3) is 0.321. The summed E-state index contributed by atoms with van der Waals surface area (Å²) in [4.78, 5) is 44.1. The molecule has 4 aromatic rings. The maximum Gasteiger partial charge on any atom is 0.347 e. The van der Waals surface area contributed by atoms with E-state index in [9.17, 15) is 23.2 Å². The molecule has 1 saturated heterocycles. The highest BCUT2D eigenvalue weighted by atomic mass is 19.1. The number of aromatic nitrogens is 4. The van der Waals surface area contributed by atoms with Crippen molar-refractivity contribution >= 4 is 17.5 Å². The first-order chi connectivity index (χ1) is 18.7. The van der Waals surface area contributed by atoms with Crippen molar-refractivity contribution in [3.8, 4) is 0 Å². The second-order valence-corrected chi connectivity index (χ2v) is 9.95. The van der Waals surface area contributed by atoms with Crippen molar-refractivity contribution in [1.29, 1.82) is 0 Å². The zero-order valence-corrected chi connectivity index (χ0v) is 21.5. The molecule has 39 heavy (non-hydrogen) atoms. The maximum atomic E-state index is 14.8. The summed E-state index contributed by atoms with van der Waals surface area (Å²) in [6, 6.07) is 13.6. The van der Waals surface area contributed by atoms with Gasteiger partial charge in [0.15, 0.2) is 5.65 Å². The fourth-order valence-corrected chi connectivity index (χ4v) is 4.96. The van der Waals surface area contributed by atoms with Gasteiger partial charge < -0.3 is 10.2 Å². The number of pyridine rings is 2. The number of likely N-dealkylation sites (tertiary alicyclic amines) is 1. The van der Waals surface area contributed by atoms with Crippen LogP contribution in [-0.4, -0.2) is 55.1 Å². The minimum atomic E-state index is -1.38. The average Bonchev–Trinajstić information content (AvgIpc) is 3.50. The molecule has 2 amide bonds. The molecule has 0 spiro atoms. The number of amides is 2. The third kappa shape index (κ3) is 5.29. The minimum Gasteiger partial charge on any atom is -0.342 e. The Labute approximate surface area is 222 Å². The van der Waals surface area contributed by atoms with Gasteiger partial charge in [-0.1, -0.05) is 56.3 Å². The van der Waals surface area contributed by atoms with Crippen LogP contribution < -0.4 is 11.0 Å². The van der Waals surface area contributed by atoms with E-state index >= 15 is 0 Å². The molecule has 0 saturated carbocycles. The lowest BCUT2D eigenvalue weighted by Crippen LogP contribution is -2.47. The van der Waals surface area contributed by atoms with Crippen LogP contribution in [-0.2, 0) is 16.0 Å². The van der Waals surface area contributed by atoms with Crippen molar-refractivity contribution in [3.63, 3.8) is 0 Å². The van der Waals surface area contributed by atoms with Crippen LogP contribution >= 0.6 is 0 Å². The van der Waals surface area contributed by atoms with Crippen molar-refractivity contribution in [3.05, 3.63) is 99.6 Å². The molecule has 0 aliphatic carbocycles. The number of alkyl halides is 1. The van der Waals surface area contributed by atoms with Crippen LogP contribution in [0.25, 0.3) is 5.65 Å². The van der Waals surface area contributed by atoms with E-state index in [0.717, 1.165) is 0 Å². The highest BCUT2D eigenvalue weighted by Crippen LogP contribution is 2.27. The minimum absolute atomic E-state index is 0.0678. The van der Waals surface area contributed by atoms with Crippen LogP contribution in [0.3, 0.4) is 0 Å². The third-order valence-electron chi connectivity index (χ3n) is 6.98. The zero-order valence-electron chi connectivity index (χ0n) is 21.5. The second-order valence-electron chi connectivity index (χ2n) is 9.95. The molecule has 3 atom stereocenters. The molecule has 0 unspecified atom stereocenters. The van der Waals surface area contributed by atoms with Crippen molar-refractivity contribution in [2.75, 3.05) is 6.54 Å². The number of carbonyl (C=O) groups excluding carboxylic acids is 2. The molecule has 5 rings (SSSR count). The van der Waals surface area contributed by atoms with E-state index in [0.29, 0.717) is 22.4 Å². The Morgan fingerprint density at radius 1 is 1.13 bits per heavy atom. The predicted molar refractivity (Wildman–Crippen MR) is 139 cm³/mol. The van der Waals surface area contributed by atoms with Gasteiger partial charge in [-0.3, -0.25) is 14.0 Å². The van der Waals surface area contributed by atoms with E-state index in [2.05, 4.69) is 20.5 Å². The number of nitrogens with one attached hydrogen (secondary N) is 2. The van der Waals surface area contributed by atoms with Gasteiger partial charge in [0.05, 0.1) is 24.7 Å². The van der Waals surface area contributed by atoms with Gasteiger partial charge in [0.25, 0.3) is 0 Å². The van der Waals surface area contributed by atoms with Crippen molar-refractivity contribution < 1.29 is 18.4 Å². The fourth-order valence-electron chi connectivity index (χ4n) is 4.96. The summed E-state index contributed by atoms with van der Waals surface area (Å²) in [5, 5.41) is 9.18. The summed E-state index contributed by atoms with van der Waals surface area (Å²) in [6.07, 6.45) is -0.201. The van der Waals surface area contributed by atoms with Gasteiger partial charge >= 0.3 is 5.69 Å². The summed E-state index contributed by atoms with van der Waals surface area (Å²) in [5.41, 5.74) is 1.72. The van der Waals surface area contributed by atoms with Gasteiger partial charge in [-0.05, 0) is 23.6 Å². The Balaban J connectivity index is 1.40. The van der Waals surface area contributed by atoms with Gasteiger partial charge in [0.1, 0.15) is 12.2 Å². The van der Waals surface area contributed by atoms with Gasteiger partial charge in [0.2, 0.25) is 17.8 Å². The normalized spacial score (nSPS) is 18.0. The maximum absolute atomic E-state index is 14.8. The number of nitrogens with zero attached hydrogens (tertiary/aromatic N) is 4. The molecule has 202 valence electrons. The Morgan fingerprint density at radius 3 is 2.62 bits per heavy atom. The molecule has 4 heterocycles. The number of hydrogen-bond donors (Lipinski definition) is 2. The third-order valence-corrected chi connectivity index (χ3v) is 6.98. The Morgan fingerprint density at radius 2 is 1.90 bits per heavy atom. The van der Waals surface area contributed by atoms with Crippen LogP contribution in [0.1, 0.15) is 54.6 Å². The van der Waals surface area contributed by atoms with E-state index in [1.165, 1.54) is 15.5 Å². The molecule has 0 radical (unpaired) electrons. The second kappa shape index (κ2) is 10.8. The van der Waals surface area contributed by atoms with E-state index < -0.39 is 41.7 Å². The summed E-state index contributed by atoms with van der Waals surface area (Å²) in [6.45, 7) is 3.49. The first-order valence-electron chi connectivity index (χ1n) is 12.7. The molecule has 1 aromatic carbocycles. The molecular formula is C28H28F2N6O3. The standard InChI is InChI=1S/C28H28F2N6O3/c1-16(2)20-10-11-21(31-25(20)30)24(17-7-4-3-5-8-17)32-27(38)22-14-19(29)15-36(22)23(37)13-18-9-6-12-35-26(18)33-34-28(35)39/h3-12,16,19,22,24H,13-15H2,1-2H3,(H,32,38)(H,34,39)/t19-,22+,24+/m1/s1. The predicted octanol–water partition coefficient (Wildman–Crippen LogP) is 3.07. The number of fused-ring (bicyclic) bond motifs is 1. The molecule has 9 nitrogen and oxygen atoms in total. The Kier molecular flexibility index (Phi) is 7.23. The summed E-state index contributed by atoms with van der Waals surface area (Å²) >= 11 is 0. The molecule has 3 aromatic heterocycles. The first-order valence-corrected chi connectivity index (χ1v) is 12.7. The van der Waals surface area contributed by atoms with Crippen LogP contribution in [0.2, 0.25) is 0 Å². The number of H-pyrrole nitrogens is 1. The Hall–Kier alpha value is -4.41. The molecule has 1 fully saturated rings.